The summed E-state index contributed by atoms with van der Waals surface area (Å²) in [5.74, 6) is 0.851. The van der Waals surface area contributed by atoms with E-state index >= 15 is 0 Å². The average molecular weight is 920 g/mol. The molecular weight excluding hydrogens is 805 g/mol. The molecule has 0 fully saturated rings. The Hall–Kier alpha value is -1.59. The van der Waals surface area contributed by atoms with Crippen LogP contribution < -0.4 is 0 Å². The van der Waals surface area contributed by atoms with Gasteiger partial charge < -0.3 is 14.2 Å². The molecule has 0 aliphatic carbocycles. The first-order valence-electron chi connectivity index (χ1n) is 29.2. The second-order valence-electron chi connectivity index (χ2n) is 21.2. The van der Waals surface area contributed by atoms with Crippen LogP contribution >= 0.6 is 0 Å². The van der Waals surface area contributed by atoms with Crippen molar-refractivity contribution in [3.8, 4) is 0 Å². The first-order chi connectivity index (χ1) is 31.7. The standard InChI is InChI=1S/C59H114O6/c1-6-7-8-9-10-11-12-17-24-29-34-39-44-49-57(60)63-52-56(65-59(62)51-46-41-36-31-26-21-16-14-19-23-28-33-38-43-48-55(4)5)53-64-58(61)50-45-40-35-30-25-20-15-13-18-22-27-32-37-42-47-54(2)3/h54-56H,6-53H2,1-5H3/t56-/m1/s1. The molecule has 0 spiro atoms. The highest BCUT2D eigenvalue weighted by atomic mass is 16.6. The number of hydrogen-bond donors (Lipinski definition) is 0. The van der Waals surface area contributed by atoms with Gasteiger partial charge in [0.25, 0.3) is 0 Å². The first kappa shape index (κ1) is 63.4. The van der Waals surface area contributed by atoms with Crippen molar-refractivity contribution >= 4 is 17.9 Å². The third-order valence-electron chi connectivity index (χ3n) is 13.5. The predicted octanol–water partition coefficient (Wildman–Crippen LogP) is 19.3. The Bertz CT molecular complexity index is 993. The van der Waals surface area contributed by atoms with E-state index in [2.05, 4.69) is 34.6 Å². The maximum atomic E-state index is 12.9. The second kappa shape index (κ2) is 51.8. The molecule has 0 aliphatic rings. The summed E-state index contributed by atoms with van der Waals surface area (Å²) in [4.78, 5) is 38.1. The van der Waals surface area contributed by atoms with Crippen LogP contribution in [0.4, 0.5) is 0 Å². The molecule has 6 heteroatoms. The van der Waals surface area contributed by atoms with E-state index in [1.807, 2.05) is 0 Å². The Morgan fingerprint density at radius 3 is 0.754 bits per heavy atom. The lowest BCUT2D eigenvalue weighted by Gasteiger charge is -2.18. The molecule has 0 N–H and O–H groups in total. The molecule has 0 amide bonds. The van der Waals surface area contributed by atoms with Gasteiger partial charge in [-0.1, -0.05) is 291 Å². The normalized spacial score (nSPS) is 12.0. The van der Waals surface area contributed by atoms with E-state index in [1.165, 1.54) is 218 Å². The van der Waals surface area contributed by atoms with Crippen LogP contribution in [0.2, 0.25) is 0 Å². The Morgan fingerprint density at radius 1 is 0.292 bits per heavy atom. The van der Waals surface area contributed by atoms with E-state index in [9.17, 15) is 14.4 Å². The minimum Gasteiger partial charge on any atom is -0.462 e. The molecule has 0 bridgehead atoms. The van der Waals surface area contributed by atoms with Gasteiger partial charge in [-0.15, -0.1) is 0 Å². The van der Waals surface area contributed by atoms with Gasteiger partial charge in [0.15, 0.2) is 6.10 Å². The van der Waals surface area contributed by atoms with Crippen molar-refractivity contribution in [3.05, 3.63) is 0 Å². The van der Waals surface area contributed by atoms with Gasteiger partial charge in [-0.25, -0.2) is 0 Å². The maximum absolute atomic E-state index is 12.9. The molecule has 0 aromatic heterocycles. The van der Waals surface area contributed by atoms with Crippen molar-refractivity contribution in [3.63, 3.8) is 0 Å². The largest absolute Gasteiger partial charge is 0.462 e. The first-order valence-corrected chi connectivity index (χ1v) is 29.2. The third-order valence-corrected chi connectivity index (χ3v) is 13.5. The molecule has 1 atom stereocenters. The van der Waals surface area contributed by atoms with Crippen LogP contribution in [0, 0.1) is 11.8 Å². The summed E-state index contributed by atoms with van der Waals surface area (Å²) in [6, 6.07) is 0. The predicted molar refractivity (Wildman–Crippen MR) is 280 cm³/mol. The Labute approximate surface area is 406 Å². The van der Waals surface area contributed by atoms with Gasteiger partial charge in [0.2, 0.25) is 0 Å². The van der Waals surface area contributed by atoms with Crippen molar-refractivity contribution < 1.29 is 28.6 Å². The van der Waals surface area contributed by atoms with Crippen LogP contribution in [0.3, 0.4) is 0 Å². The quantitative estimate of drug-likeness (QED) is 0.0344. The van der Waals surface area contributed by atoms with Crippen LogP contribution in [-0.2, 0) is 28.6 Å². The number of carbonyl (C=O) groups excluding carboxylic acids is 3. The highest BCUT2D eigenvalue weighted by Crippen LogP contribution is 2.18. The number of carbonyl (C=O) groups is 3. The second-order valence-corrected chi connectivity index (χ2v) is 21.2. The van der Waals surface area contributed by atoms with E-state index in [-0.39, 0.29) is 31.1 Å². The molecule has 0 rings (SSSR count). The number of ether oxygens (including phenoxy) is 3. The van der Waals surface area contributed by atoms with E-state index in [0.717, 1.165) is 69.6 Å². The van der Waals surface area contributed by atoms with E-state index in [1.54, 1.807) is 0 Å². The lowest BCUT2D eigenvalue weighted by atomic mass is 10.0. The fourth-order valence-corrected chi connectivity index (χ4v) is 9.05. The molecule has 0 aromatic rings. The summed E-state index contributed by atoms with van der Waals surface area (Å²) in [7, 11) is 0. The van der Waals surface area contributed by atoms with Crippen molar-refractivity contribution in [1.82, 2.24) is 0 Å². The third kappa shape index (κ3) is 53.2. The maximum Gasteiger partial charge on any atom is 0.306 e. The van der Waals surface area contributed by atoms with Gasteiger partial charge >= 0.3 is 17.9 Å². The highest BCUT2D eigenvalue weighted by molar-refractivity contribution is 5.71. The Kier molecular flexibility index (Phi) is 50.5. The molecule has 0 aromatic carbocycles. The lowest BCUT2D eigenvalue weighted by Crippen LogP contribution is -2.30. The van der Waals surface area contributed by atoms with Crippen molar-refractivity contribution in [2.24, 2.45) is 11.8 Å². The van der Waals surface area contributed by atoms with Crippen molar-refractivity contribution in [2.75, 3.05) is 13.2 Å². The summed E-state index contributed by atoms with van der Waals surface area (Å²) in [6.07, 6.45) is 55.2. The van der Waals surface area contributed by atoms with Crippen LogP contribution in [0.15, 0.2) is 0 Å². The van der Waals surface area contributed by atoms with Crippen LogP contribution in [0.5, 0.6) is 0 Å². The average Bonchev–Trinajstić information content (AvgIpc) is 3.28. The summed E-state index contributed by atoms with van der Waals surface area (Å²) in [5, 5.41) is 0. The topological polar surface area (TPSA) is 78.9 Å². The van der Waals surface area contributed by atoms with Gasteiger partial charge in [0.1, 0.15) is 13.2 Å². The zero-order valence-electron chi connectivity index (χ0n) is 44.6. The zero-order chi connectivity index (χ0) is 47.5. The summed E-state index contributed by atoms with van der Waals surface area (Å²) in [5.41, 5.74) is 0. The lowest BCUT2D eigenvalue weighted by molar-refractivity contribution is -0.167. The summed E-state index contributed by atoms with van der Waals surface area (Å²) < 4.78 is 16.9. The van der Waals surface area contributed by atoms with Crippen LogP contribution in [-0.4, -0.2) is 37.2 Å². The van der Waals surface area contributed by atoms with Crippen molar-refractivity contribution in [2.45, 2.75) is 336 Å². The summed E-state index contributed by atoms with van der Waals surface area (Å²) in [6.45, 7) is 11.4. The minimum atomic E-state index is -0.762. The highest BCUT2D eigenvalue weighted by Gasteiger charge is 2.19. The molecule has 0 radical (unpaired) electrons. The zero-order valence-corrected chi connectivity index (χ0v) is 44.6. The number of unbranched alkanes of at least 4 members (excludes halogenated alkanes) is 38. The Morgan fingerprint density at radius 2 is 0.508 bits per heavy atom. The van der Waals surface area contributed by atoms with Gasteiger partial charge in [-0.3, -0.25) is 14.4 Å². The number of esters is 3. The van der Waals surface area contributed by atoms with E-state index < -0.39 is 6.10 Å². The molecule has 0 saturated carbocycles. The van der Waals surface area contributed by atoms with E-state index in [0.29, 0.717) is 19.3 Å². The molecular formula is C59H114O6. The molecule has 6 nitrogen and oxygen atoms in total. The molecule has 386 valence electrons. The van der Waals surface area contributed by atoms with Gasteiger partial charge in [0, 0.05) is 19.3 Å². The fraction of sp³-hybridized carbons (Fsp3) is 0.949. The monoisotopic (exact) mass is 919 g/mol. The molecule has 0 aliphatic heterocycles. The van der Waals surface area contributed by atoms with Crippen LogP contribution in [0.1, 0.15) is 330 Å². The summed E-state index contributed by atoms with van der Waals surface area (Å²) >= 11 is 0. The fourth-order valence-electron chi connectivity index (χ4n) is 9.05. The van der Waals surface area contributed by atoms with Gasteiger partial charge in [0.05, 0.1) is 0 Å². The number of hydrogen-bond acceptors (Lipinski definition) is 6. The molecule has 0 saturated heterocycles. The Balaban J connectivity index is 4.29. The molecule has 65 heavy (non-hydrogen) atoms. The van der Waals surface area contributed by atoms with Gasteiger partial charge in [-0.2, -0.15) is 0 Å². The number of rotatable bonds is 53. The van der Waals surface area contributed by atoms with Crippen LogP contribution in [0.25, 0.3) is 0 Å². The smallest absolute Gasteiger partial charge is 0.306 e. The SMILES string of the molecule is CCCCCCCCCCCCCCCC(=O)OC[C@H](COC(=O)CCCCCCCCCCCCCCCCC(C)C)OC(=O)CCCCCCCCCCCCCCCCC(C)C. The molecule has 0 heterocycles. The van der Waals surface area contributed by atoms with E-state index in [4.69, 9.17) is 14.2 Å². The van der Waals surface area contributed by atoms with Crippen molar-refractivity contribution in [1.29, 1.82) is 0 Å². The molecule has 0 unspecified atom stereocenters. The van der Waals surface area contributed by atoms with Gasteiger partial charge in [-0.05, 0) is 31.1 Å². The minimum absolute atomic E-state index is 0.0625.